The summed E-state index contributed by atoms with van der Waals surface area (Å²) in [7, 11) is -9.52. The number of nitrogens with two attached hydrogens (primary N) is 2. The predicted molar refractivity (Wildman–Crippen MR) is 172 cm³/mol. The fourth-order valence-corrected chi connectivity index (χ4v) is 5.12. The van der Waals surface area contributed by atoms with Gasteiger partial charge < -0.3 is 26.8 Å². The molecule has 2 amide bonds. The van der Waals surface area contributed by atoms with E-state index in [4.69, 9.17) is 68.5 Å². The van der Waals surface area contributed by atoms with Crippen LogP contribution < -0.4 is 26.8 Å². The lowest BCUT2D eigenvalue weighted by Crippen LogP contribution is -2.28. The van der Waals surface area contributed by atoms with Crippen LogP contribution in [0.1, 0.15) is 16.8 Å². The van der Waals surface area contributed by atoms with Gasteiger partial charge in [-0.2, -0.15) is 21.8 Å². The number of anilines is 3. The number of urea groups is 1. The highest BCUT2D eigenvalue weighted by Gasteiger charge is 2.17. The van der Waals surface area contributed by atoms with Gasteiger partial charge in [0, 0.05) is 17.8 Å². The number of hydrogen-bond acceptors (Lipinski definition) is 10. The zero-order valence-electron chi connectivity index (χ0n) is 23.3. The second kappa shape index (κ2) is 15.1. The lowest BCUT2D eigenvalue weighted by atomic mass is 10.0. The normalized spacial score (nSPS) is 11.3. The summed E-state index contributed by atoms with van der Waals surface area (Å²) in [5.41, 5.74) is 14.6. The molecule has 14 nitrogen and oxygen atoms in total. The van der Waals surface area contributed by atoms with E-state index >= 15 is 0 Å². The van der Waals surface area contributed by atoms with Gasteiger partial charge in [-0.25, -0.2) is 9.78 Å². The number of nitrogens with zero attached hydrogens (tertiary/aromatic N) is 2. The highest BCUT2D eigenvalue weighted by molar-refractivity contribution is 7.86. The van der Waals surface area contributed by atoms with Crippen molar-refractivity contribution in [1.82, 2.24) is 15.3 Å². The number of aryl methyl sites for hydroxylation is 1. The Kier molecular flexibility index (Phi) is 12.0. The van der Waals surface area contributed by atoms with Gasteiger partial charge in [0.1, 0.15) is 23.1 Å². The third-order valence-electron chi connectivity index (χ3n) is 5.75. The third-order valence-corrected chi connectivity index (χ3v) is 7.76. The predicted octanol–water partition coefficient (Wildman–Crippen LogP) is 5.48. The van der Waals surface area contributed by atoms with E-state index in [-0.39, 0.29) is 35.5 Å². The fraction of sp³-hybridized carbons (Fsp3) is 0.115. The first-order valence-electron chi connectivity index (χ1n) is 12.4. The van der Waals surface area contributed by atoms with Crippen molar-refractivity contribution in [1.29, 1.82) is 0 Å². The van der Waals surface area contributed by atoms with E-state index in [0.717, 1.165) is 6.07 Å². The van der Waals surface area contributed by atoms with Crippen molar-refractivity contribution in [2.24, 2.45) is 0 Å². The molecular weight excluding hydrogens is 714 g/mol. The van der Waals surface area contributed by atoms with Gasteiger partial charge in [-0.1, -0.05) is 46.9 Å². The smallest absolute Gasteiger partial charge is 0.394 e. The molecule has 8 N–H and O–H groups in total. The first-order chi connectivity index (χ1) is 21.3. The van der Waals surface area contributed by atoms with Crippen molar-refractivity contribution >= 4 is 78.9 Å². The third kappa shape index (κ3) is 10.8. The van der Waals surface area contributed by atoms with Crippen LogP contribution in [-0.4, -0.2) is 41.9 Å². The number of ether oxygens (including phenoxy) is 1. The van der Waals surface area contributed by atoms with Crippen LogP contribution in [0.25, 0.3) is 11.1 Å². The second-order valence-corrected chi connectivity index (χ2v) is 12.6. The number of aromatic nitrogens is 2. The van der Waals surface area contributed by atoms with E-state index in [1.807, 2.05) is 0 Å². The van der Waals surface area contributed by atoms with E-state index in [1.165, 1.54) is 19.1 Å². The van der Waals surface area contributed by atoms with E-state index < -0.39 is 31.5 Å². The van der Waals surface area contributed by atoms with E-state index in [2.05, 4.69) is 20.6 Å². The Hall–Kier alpha value is -3.97. The van der Waals surface area contributed by atoms with Crippen LogP contribution in [0.15, 0.2) is 59.5 Å². The molecule has 20 heteroatoms. The Balaban J connectivity index is 0.00000107. The minimum Gasteiger partial charge on any atom is -0.486 e. The molecule has 0 saturated carbocycles. The molecule has 4 aromatic rings. The van der Waals surface area contributed by atoms with Crippen LogP contribution in [0.4, 0.5) is 26.1 Å². The first kappa shape index (κ1) is 36.5. The molecule has 1 aromatic heterocycles. The molecule has 0 atom stereocenters. The number of carbonyl (C=O) groups is 1. The number of carbonyl (C=O) groups excluding carboxylic acids is 1. The maximum atomic E-state index is 13.3. The summed E-state index contributed by atoms with van der Waals surface area (Å²) in [6.45, 7) is 1.49. The quantitative estimate of drug-likeness (QED) is 0.0974. The summed E-state index contributed by atoms with van der Waals surface area (Å²) in [6, 6.07) is 13.1. The topological polar surface area (TPSA) is 237 Å². The van der Waals surface area contributed by atoms with E-state index in [1.54, 1.807) is 36.4 Å². The van der Waals surface area contributed by atoms with Gasteiger partial charge in [0.25, 0.3) is 0 Å². The fourth-order valence-electron chi connectivity index (χ4n) is 3.89. The summed E-state index contributed by atoms with van der Waals surface area (Å²) >= 11 is 18.6. The summed E-state index contributed by atoms with van der Waals surface area (Å²) in [4.78, 5) is 20.2. The van der Waals surface area contributed by atoms with Gasteiger partial charge >= 0.3 is 26.7 Å². The molecule has 0 saturated heterocycles. The number of amides is 2. The molecule has 0 aliphatic carbocycles. The average Bonchev–Trinajstić information content (AvgIpc) is 2.91. The number of halogens is 4. The summed E-state index contributed by atoms with van der Waals surface area (Å²) in [6.07, 6.45) is 0. The van der Waals surface area contributed by atoms with Crippen LogP contribution in [0.3, 0.4) is 0 Å². The zero-order valence-corrected chi connectivity index (χ0v) is 27.2. The first-order valence-corrected chi connectivity index (χ1v) is 16.3. The Labute approximate surface area is 277 Å². The molecule has 0 aliphatic rings. The number of nitrogen functional groups attached to an aromatic ring is 2. The van der Waals surface area contributed by atoms with Crippen LogP contribution in [-0.2, 0) is 33.8 Å². The molecule has 46 heavy (non-hydrogen) atoms. The monoisotopic (exact) mass is 736 g/mol. The molecular formula is C26H24Cl3FN6O8S2. The van der Waals surface area contributed by atoms with Crippen LogP contribution in [0, 0.1) is 6.92 Å². The number of hydrogen-bond donors (Lipinski definition) is 6. The highest BCUT2D eigenvalue weighted by atomic mass is 35.5. The lowest BCUT2D eigenvalue weighted by Gasteiger charge is -2.15. The molecule has 3 aromatic carbocycles. The molecule has 0 aliphatic heterocycles. The summed E-state index contributed by atoms with van der Waals surface area (Å²) < 4.78 is 73.0. The Morgan fingerprint density at radius 1 is 0.935 bits per heavy atom. The van der Waals surface area contributed by atoms with Gasteiger partial charge in [-0.3, -0.25) is 9.11 Å². The maximum Gasteiger partial charge on any atom is 0.394 e. The van der Waals surface area contributed by atoms with Crippen molar-refractivity contribution in [3.63, 3.8) is 0 Å². The molecule has 0 fully saturated rings. The largest absolute Gasteiger partial charge is 0.486 e. The van der Waals surface area contributed by atoms with Gasteiger partial charge in [0.2, 0.25) is 5.95 Å². The van der Waals surface area contributed by atoms with Gasteiger partial charge in [-0.15, -0.1) is 3.89 Å². The SMILES string of the molecule is Cc1cc(NC(=O)NCc2ccc(OCc3nc(N)nc(N)c3-c3ccc(Cl)c(Cl)c3)c(Cl)c2)ccc1S(=O)(=O)F.O=S(=O)(O)O. The van der Waals surface area contributed by atoms with Crippen LogP contribution in [0.2, 0.25) is 15.1 Å². The Morgan fingerprint density at radius 2 is 1.61 bits per heavy atom. The Bertz CT molecular complexity index is 2000. The zero-order chi connectivity index (χ0) is 34.4. The van der Waals surface area contributed by atoms with E-state index in [0.29, 0.717) is 43.9 Å². The van der Waals surface area contributed by atoms with Crippen molar-refractivity contribution in [3.8, 4) is 16.9 Å². The minimum atomic E-state index is -4.85. The summed E-state index contributed by atoms with van der Waals surface area (Å²) in [5.74, 6) is 0.446. The highest BCUT2D eigenvalue weighted by Crippen LogP contribution is 2.34. The van der Waals surface area contributed by atoms with Gasteiger partial charge in [0.05, 0.1) is 20.8 Å². The number of benzene rings is 3. The minimum absolute atomic E-state index is 0.0331. The number of rotatable bonds is 8. The van der Waals surface area contributed by atoms with Crippen LogP contribution in [0.5, 0.6) is 5.75 Å². The second-order valence-electron chi connectivity index (χ2n) is 9.14. The molecule has 0 unspecified atom stereocenters. The van der Waals surface area contributed by atoms with Gasteiger partial charge in [-0.05, 0) is 66.1 Å². The van der Waals surface area contributed by atoms with Crippen molar-refractivity contribution in [2.75, 3.05) is 16.8 Å². The molecule has 0 bridgehead atoms. The van der Waals surface area contributed by atoms with Crippen molar-refractivity contribution in [3.05, 3.63) is 86.5 Å². The molecule has 246 valence electrons. The number of nitrogens with one attached hydrogen (secondary N) is 2. The standard InChI is InChI=1S/C26H22Cl3FN6O4S.H2O4S/c1-13-8-16(4-7-22(13)41(30,38)39)34-26(37)33-11-14-2-6-21(19(29)9-14)40-12-20-23(24(31)36-25(32)35-20)15-3-5-17(27)18(28)10-15;1-5(2,3)4/h2-10H,11-12H2,1H3,(H2,33,34,37)(H4,31,32,35,36);(H2,1,2,3,4). The lowest BCUT2D eigenvalue weighted by molar-refractivity contribution is 0.251. The van der Waals surface area contributed by atoms with E-state index in [9.17, 15) is 17.1 Å². The molecule has 0 radical (unpaired) electrons. The van der Waals surface area contributed by atoms with Crippen molar-refractivity contribution in [2.45, 2.75) is 25.0 Å². The molecule has 1 heterocycles. The molecule has 0 spiro atoms. The van der Waals surface area contributed by atoms with Crippen LogP contribution >= 0.6 is 34.8 Å². The van der Waals surface area contributed by atoms with Crippen molar-refractivity contribution < 1.29 is 39.4 Å². The average molecular weight is 738 g/mol. The maximum absolute atomic E-state index is 13.3. The molecule has 4 rings (SSSR count). The Morgan fingerprint density at radius 3 is 2.20 bits per heavy atom. The summed E-state index contributed by atoms with van der Waals surface area (Å²) in [5, 5.41) is 6.19. The van der Waals surface area contributed by atoms with Gasteiger partial charge in [0.15, 0.2) is 0 Å².